The van der Waals surface area contributed by atoms with Crippen molar-refractivity contribution in [2.75, 3.05) is 25.6 Å². The average Bonchev–Trinajstić information content (AvgIpc) is 2.55. The zero-order valence-corrected chi connectivity index (χ0v) is 16.4. The number of thioether (sulfide) groups is 1. The second-order valence-electron chi connectivity index (χ2n) is 5.40. The highest BCUT2D eigenvalue weighted by molar-refractivity contribution is 9.10. The van der Waals surface area contributed by atoms with Crippen molar-refractivity contribution in [2.24, 2.45) is 0 Å². The van der Waals surface area contributed by atoms with Crippen molar-refractivity contribution < 1.29 is 9.59 Å². The number of carbonyl (C=O) groups excluding carboxylic acids is 2. The zero-order valence-electron chi connectivity index (χ0n) is 14.0. The maximum absolute atomic E-state index is 12.6. The Hall–Kier alpha value is -1.01. The van der Waals surface area contributed by atoms with E-state index in [9.17, 15) is 9.59 Å². The molecule has 1 atom stereocenters. The van der Waals surface area contributed by atoms with Crippen molar-refractivity contribution in [1.29, 1.82) is 0 Å². The van der Waals surface area contributed by atoms with Gasteiger partial charge in [0.15, 0.2) is 0 Å². The van der Waals surface area contributed by atoms with Crippen LogP contribution in [0.5, 0.6) is 0 Å². The molecular weight excluding hydrogens is 376 g/mol. The van der Waals surface area contributed by atoms with E-state index >= 15 is 0 Å². The van der Waals surface area contributed by atoms with Crippen molar-refractivity contribution in [1.82, 2.24) is 10.2 Å². The van der Waals surface area contributed by atoms with Gasteiger partial charge < -0.3 is 10.2 Å². The summed E-state index contributed by atoms with van der Waals surface area (Å²) in [5.74, 6) is 0.586. The second kappa shape index (κ2) is 10.7. The summed E-state index contributed by atoms with van der Waals surface area (Å²) >= 11 is 5.05. The third-order valence-corrected chi connectivity index (χ3v) is 4.89. The molecule has 4 nitrogen and oxygen atoms in total. The minimum atomic E-state index is -0.482. The first-order valence-electron chi connectivity index (χ1n) is 7.80. The number of benzene rings is 1. The minimum absolute atomic E-state index is 0.0205. The molecule has 1 aromatic rings. The molecule has 0 bridgehead atoms. The molecule has 0 saturated heterocycles. The van der Waals surface area contributed by atoms with Crippen LogP contribution in [0.15, 0.2) is 28.7 Å². The molecule has 0 aliphatic rings. The molecule has 0 aromatic heterocycles. The van der Waals surface area contributed by atoms with Gasteiger partial charge in [-0.3, -0.25) is 9.59 Å². The van der Waals surface area contributed by atoms with Crippen LogP contribution in [0, 0.1) is 0 Å². The smallest absolute Gasteiger partial charge is 0.253 e. The molecule has 1 N–H and O–H groups in total. The Balaban J connectivity index is 2.79. The minimum Gasteiger partial charge on any atom is -0.344 e. The summed E-state index contributed by atoms with van der Waals surface area (Å²) in [7, 11) is 1.80. The fraction of sp³-hybridized carbons (Fsp3) is 0.529. The van der Waals surface area contributed by atoms with Crippen LogP contribution in [0.4, 0.5) is 0 Å². The molecule has 23 heavy (non-hydrogen) atoms. The molecule has 0 spiro atoms. The van der Waals surface area contributed by atoms with Gasteiger partial charge in [0, 0.05) is 18.1 Å². The van der Waals surface area contributed by atoms with Gasteiger partial charge in [-0.15, -0.1) is 0 Å². The number of halogens is 1. The molecule has 1 unspecified atom stereocenters. The topological polar surface area (TPSA) is 49.4 Å². The summed E-state index contributed by atoms with van der Waals surface area (Å²) in [5.41, 5.74) is 0.547. The van der Waals surface area contributed by atoms with Crippen LogP contribution in [0.2, 0.25) is 0 Å². The molecular formula is C17H25BrN2O2S. The van der Waals surface area contributed by atoms with E-state index in [1.807, 2.05) is 24.5 Å². The molecule has 1 aromatic carbocycles. The van der Waals surface area contributed by atoms with Gasteiger partial charge in [-0.2, -0.15) is 11.8 Å². The predicted octanol–water partition coefficient (Wildman–Crippen LogP) is 3.56. The molecule has 128 valence electrons. The van der Waals surface area contributed by atoms with Gasteiger partial charge in [0.25, 0.3) is 5.91 Å². The van der Waals surface area contributed by atoms with Crippen LogP contribution in [0.25, 0.3) is 0 Å². The van der Waals surface area contributed by atoms with Crippen LogP contribution >= 0.6 is 27.7 Å². The second-order valence-corrected chi connectivity index (χ2v) is 7.24. The maximum atomic E-state index is 12.6. The van der Waals surface area contributed by atoms with Gasteiger partial charge in [0.05, 0.1) is 5.56 Å². The van der Waals surface area contributed by atoms with Gasteiger partial charge in [0.2, 0.25) is 5.91 Å². The summed E-state index contributed by atoms with van der Waals surface area (Å²) in [6.45, 7) is 2.81. The summed E-state index contributed by atoms with van der Waals surface area (Å²) in [4.78, 5) is 26.8. The van der Waals surface area contributed by atoms with E-state index in [-0.39, 0.29) is 11.8 Å². The van der Waals surface area contributed by atoms with E-state index in [0.29, 0.717) is 12.0 Å². The molecule has 0 aliphatic carbocycles. The van der Waals surface area contributed by atoms with E-state index in [1.54, 1.807) is 29.8 Å². The quantitative estimate of drug-likeness (QED) is 0.689. The Morgan fingerprint density at radius 2 is 2.04 bits per heavy atom. The van der Waals surface area contributed by atoms with Crippen LogP contribution in [0.1, 0.15) is 36.5 Å². The van der Waals surface area contributed by atoms with Gasteiger partial charge in [-0.1, -0.05) is 25.5 Å². The van der Waals surface area contributed by atoms with Gasteiger partial charge in [-0.25, -0.2) is 0 Å². The molecule has 0 radical (unpaired) electrons. The predicted molar refractivity (Wildman–Crippen MR) is 101 cm³/mol. The highest BCUT2D eigenvalue weighted by Gasteiger charge is 2.24. The summed E-state index contributed by atoms with van der Waals surface area (Å²) in [6, 6.07) is 6.75. The number of amides is 2. The number of hydrogen-bond donors (Lipinski definition) is 1. The standard InChI is InChI=1S/C17H25BrN2O2S/c1-4-5-11-20(2)17(22)15(10-12-23-3)19-16(21)13-8-6-7-9-14(13)18/h6-9,15H,4-5,10-12H2,1-3H3,(H,19,21). The highest BCUT2D eigenvalue weighted by atomic mass is 79.9. The van der Waals surface area contributed by atoms with Crippen LogP contribution in [-0.4, -0.2) is 48.4 Å². The van der Waals surface area contributed by atoms with E-state index in [1.165, 1.54) is 0 Å². The SMILES string of the molecule is CCCCN(C)C(=O)C(CCSC)NC(=O)c1ccccc1Br. The normalized spacial score (nSPS) is 11.8. The number of nitrogens with zero attached hydrogens (tertiary/aromatic N) is 1. The summed E-state index contributed by atoms with van der Waals surface area (Å²) in [5, 5.41) is 2.89. The first-order valence-corrected chi connectivity index (χ1v) is 9.99. The van der Waals surface area contributed by atoms with Gasteiger partial charge in [-0.05, 0) is 52.9 Å². The molecule has 0 fully saturated rings. The Bertz CT molecular complexity index is 525. The molecule has 0 heterocycles. The third-order valence-electron chi connectivity index (χ3n) is 3.56. The van der Waals surface area contributed by atoms with Crippen molar-refractivity contribution in [3.05, 3.63) is 34.3 Å². The van der Waals surface area contributed by atoms with E-state index in [4.69, 9.17) is 0 Å². The monoisotopic (exact) mass is 400 g/mol. The molecule has 6 heteroatoms. The van der Waals surface area contributed by atoms with Crippen molar-refractivity contribution in [3.63, 3.8) is 0 Å². The number of carbonyl (C=O) groups is 2. The Labute approximate surface area is 151 Å². The Morgan fingerprint density at radius 1 is 1.35 bits per heavy atom. The van der Waals surface area contributed by atoms with Crippen molar-refractivity contribution >= 4 is 39.5 Å². The molecule has 0 saturated carbocycles. The van der Waals surface area contributed by atoms with Crippen molar-refractivity contribution in [3.8, 4) is 0 Å². The fourth-order valence-electron chi connectivity index (χ4n) is 2.15. The largest absolute Gasteiger partial charge is 0.344 e. The number of likely N-dealkylation sites (N-methyl/N-ethyl adjacent to an activating group) is 1. The first-order chi connectivity index (χ1) is 11.0. The number of unbranched alkanes of at least 4 members (excludes halogenated alkanes) is 1. The average molecular weight is 401 g/mol. The fourth-order valence-corrected chi connectivity index (χ4v) is 3.08. The lowest BCUT2D eigenvalue weighted by atomic mass is 10.1. The zero-order chi connectivity index (χ0) is 17.2. The van der Waals surface area contributed by atoms with Crippen molar-refractivity contribution in [2.45, 2.75) is 32.2 Å². The Morgan fingerprint density at radius 3 is 2.65 bits per heavy atom. The lowest BCUT2D eigenvalue weighted by Crippen LogP contribution is -2.48. The van der Waals surface area contributed by atoms with Crippen LogP contribution < -0.4 is 5.32 Å². The summed E-state index contributed by atoms with van der Waals surface area (Å²) in [6.07, 6.45) is 4.64. The van der Waals surface area contributed by atoms with Crippen LogP contribution in [-0.2, 0) is 4.79 Å². The number of hydrogen-bond acceptors (Lipinski definition) is 3. The lowest BCUT2D eigenvalue weighted by Gasteiger charge is -2.24. The van der Waals surface area contributed by atoms with E-state index in [0.717, 1.165) is 29.6 Å². The highest BCUT2D eigenvalue weighted by Crippen LogP contribution is 2.16. The van der Waals surface area contributed by atoms with E-state index in [2.05, 4.69) is 28.2 Å². The molecule has 1 rings (SSSR count). The van der Waals surface area contributed by atoms with Gasteiger partial charge in [0.1, 0.15) is 6.04 Å². The van der Waals surface area contributed by atoms with Gasteiger partial charge >= 0.3 is 0 Å². The molecule has 2 amide bonds. The van der Waals surface area contributed by atoms with Crippen LogP contribution in [0.3, 0.4) is 0 Å². The third kappa shape index (κ3) is 6.55. The number of rotatable bonds is 9. The Kier molecular flexibility index (Phi) is 9.33. The molecule has 0 aliphatic heterocycles. The summed E-state index contributed by atoms with van der Waals surface area (Å²) < 4.78 is 0.730. The lowest BCUT2D eigenvalue weighted by molar-refractivity contribution is -0.132. The number of nitrogens with one attached hydrogen (secondary N) is 1. The maximum Gasteiger partial charge on any atom is 0.253 e. The van der Waals surface area contributed by atoms with E-state index < -0.39 is 6.04 Å². The first kappa shape index (κ1) is 20.0.